The zero-order chi connectivity index (χ0) is 25.4. The van der Waals surface area contributed by atoms with Gasteiger partial charge in [0.25, 0.3) is 5.91 Å². The van der Waals surface area contributed by atoms with E-state index in [1.165, 1.54) is 5.56 Å². The van der Waals surface area contributed by atoms with Crippen LogP contribution >= 0.6 is 23.1 Å². The van der Waals surface area contributed by atoms with Crippen LogP contribution in [0.1, 0.15) is 53.2 Å². The Balaban J connectivity index is 1.58. The van der Waals surface area contributed by atoms with Crippen molar-refractivity contribution in [1.29, 1.82) is 0 Å². The molecule has 3 aromatic rings. The number of carbonyl (C=O) groups excluding carboxylic acids is 2. The molecule has 7 heteroatoms. The van der Waals surface area contributed by atoms with E-state index in [0.29, 0.717) is 17.8 Å². The number of amides is 1. The third-order valence-corrected chi connectivity index (χ3v) is 9.06. The van der Waals surface area contributed by atoms with Crippen molar-refractivity contribution < 1.29 is 9.59 Å². The van der Waals surface area contributed by atoms with Crippen molar-refractivity contribution in [2.75, 3.05) is 11.6 Å². The first kappa shape index (κ1) is 24.5. The number of allylic oxidation sites excluding steroid dienone is 3. The SMILES string of the molecule is CSc1sc(C)cc1[C@@H]1C(C(=O)Nc2ccc(C)cn2)=C(C)NC2=C1C(=O)C[C@@H](c1ccccc1)C2. The second-order valence-corrected chi connectivity index (χ2v) is 11.7. The number of pyridine rings is 1. The number of rotatable bonds is 5. The Kier molecular flexibility index (Phi) is 6.86. The number of thiophene rings is 1. The number of hydrogen-bond acceptors (Lipinski definition) is 6. The van der Waals surface area contributed by atoms with Crippen LogP contribution < -0.4 is 10.6 Å². The Morgan fingerprint density at radius 2 is 1.89 bits per heavy atom. The fourth-order valence-corrected chi connectivity index (χ4v) is 7.12. The number of carbonyl (C=O) groups is 2. The van der Waals surface area contributed by atoms with E-state index in [0.717, 1.165) is 43.6 Å². The van der Waals surface area contributed by atoms with E-state index in [1.54, 1.807) is 35.4 Å². The monoisotopic (exact) mass is 515 g/mol. The van der Waals surface area contributed by atoms with Crippen LogP contribution in [0, 0.1) is 13.8 Å². The first-order chi connectivity index (χ1) is 17.4. The number of hydrogen-bond donors (Lipinski definition) is 2. The highest BCUT2D eigenvalue weighted by molar-refractivity contribution is 8.00. The van der Waals surface area contributed by atoms with Gasteiger partial charge in [-0.3, -0.25) is 9.59 Å². The lowest BCUT2D eigenvalue weighted by Crippen LogP contribution is -2.37. The smallest absolute Gasteiger partial charge is 0.255 e. The lowest BCUT2D eigenvalue weighted by molar-refractivity contribution is -0.116. The molecule has 184 valence electrons. The van der Waals surface area contributed by atoms with Crippen LogP contribution in [0.5, 0.6) is 0 Å². The highest BCUT2D eigenvalue weighted by atomic mass is 32.2. The quantitative estimate of drug-likeness (QED) is 0.381. The highest BCUT2D eigenvalue weighted by Crippen LogP contribution is 2.49. The molecule has 36 heavy (non-hydrogen) atoms. The van der Waals surface area contributed by atoms with Gasteiger partial charge in [0.1, 0.15) is 5.82 Å². The summed E-state index contributed by atoms with van der Waals surface area (Å²) in [5.41, 5.74) is 6.24. The highest BCUT2D eigenvalue weighted by Gasteiger charge is 2.42. The van der Waals surface area contributed by atoms with E-state index in [9.17, 15) is 9.59 Å². The maximum absolute atomic E-state index is 13.8. The minimum absolute atomic E-state index is 0.102. The maximum Gasteiger partial charge on any atom is 0.255 e. The van der Waals surface area contributed by atoms with E-state index in [2.05, 4.69) is 40.7 Å². The first-order valence-corrected chi connectivity index (χ1v) is 14.1. The van der Waals surface area contributed by atoms with Crippen LogP contribution in [0.25, 0.3) is 0 Å². The first-order valence-electron chi connectivity index (χ1n) is 12.0. The molecule has 0 unspecified atom stereocenters. The summed E-state index contributed by atoms with van der Waals surface area (Å²) < 4.78 is 1.13. The molecule has 2 aromatic heterocycles. The van der Waals surface area contributed by atoms with Gasteiger partial charge in [0, 0.05) is 46.0 Å². The van der Waals surface area contributed by atoms with Crippen molar-refractivity contribution in [2.24, 2.45) is 0 Å². The molecule has 0 saturated carbocycles. The molecule has 2 N–H and O–H groups in total. The summed E-state index contributed by atoms with van der Waals surface area (Å²) in [6, 6.07) is 16.1. The molecule has 1 amide bonds. The van der Waals surface area contributed by atoms with E-state index in [4.69, 9.17) is 0 Å². The molecule has 5 rings (SSSR count). The fraction of sp³-hybridized carbons (Fsp3) is 0.276. The van der Waals surface area contributed by atoms with E-state index in [-0.39, 0.29) is 17.6 Å². The van der Waals surface area contributed by atoms with E-state index < -0.39 is 5.92 Å². The Hall–Kier alpha value is -3.16. The van der Waals surface area contributed by atoms with Gasteiger partial charge in [0.05, 0.1) is 4.21 Å². The molecular formula is C29H29N3O2S2. The standard InChI is InChI=1S/C29H29N3O2S2/c1-16-10-11-24(30-15-16)32-28(34)25-18(3)31-22-13-20(19-8-6-5-7-9-19)14-23(33)27(22)26(25)21-12-17(2)36-29(21)35-4/h5-12,15,20,26,31H,13-14H2,1-4H3,(H,30,32,34)/t20-,26+/m0/s1. The van der Waals surface area contributed by atoms with Crippen molar-refractivity contribution in [1.82, 2.24) is 10.3 Å². The summed E-state index contributed by atoms with van der Waals surface area (Å²) in [6.07, 6.45) is 4.96. The molecule has 0 saturated heterocycles. The lowest BCUT2D eigenvalue weighted by Gasteiger charge is -2.37. The zero-order valence-electron chi connectivity index (χ0n) is 20.8. The van der Waals surface area contributed by atoms with Gasteiger partial charge in [0.2, 0.25) is 0 Å². The predicted molar refractivity (Wildman–Crippen MR) is 147 cm³/mol. The van der Waals surface area contributed by atoms with Gasteiger partial charge in [-0.05, 0) is 68.2 Å². The summed E-state index contributed by atoms with van der Waals surface area (Å²) in [4.78, 5) is 33.1. The predicted octanol–water partition coefficient (Wildman–Crippen LogP) is 6.48. The largest absolute Gasteiger partial charge is 0.362 e. The number of aryl methyl sites for hydroxylation is 2. The molecule has 0 bridgehead atoms. The van der Waals surface area contributed by atoms with E-state index in [1.807, 2.05) is 44.4 Å². The Labute approximate surface area is 220 Å². The second-order valence-electron chi connectivity index (χ2n) is 9.41. The zero-order valence-corrected chi connectivity index (χ0v) is 22.5. The van der Waals surface area contributed by atoms with E-state index >= 15 is 0 Å². The van der Waals surface area contributed by atoms with Gasteiger partial charge >= 0.3 is 0 Å². The minimum atomic E-state index is -0.414. The molecule has 2 aliphatic rings. The van der Waals surface area contributed by atoms with Gasteiger partial charge in [-0.25, -0.2) is 4.98 Å². The van der Waals surface area contributed by atoms with Crippen LogP contribution in [-0.2, 0) is 9.59 Å². The number of ketones is 1. The summed E-state index contributed by atoms with van der Waals surface area (Å²) >= 11 is 3.37. The van der Waals surface area contributed by atoms with Gasteiger partial charge in [0.15, 0.2) is 5.78 Å². The van der Waals surface area contributed by atoms with Crippen LogP contribution in [0.15, 0.2) is 81.5 Å². The molecule has 5 nitrogen and oxygen atoms in total. The normalized spacial score (nSPS) is 19.7. The topological polar surface area (TPSA) is 71.1 Å². The maximum atomic E-state index is 13.8. The van der Waals surface area contributed by atoms with Crippen molar-refractivity contribution >= 4 is 40.6 Å². The average molecular weight is 516 g/mol. The van der Waals surface area contributed by atoms with Crippen molar-refractivity contribution in [3.63, 3.8) is 0 Å². The molecule has 1 aromatic carbocycles. The molecule has 1 aliphatic carbocycles. The second kappa shape index (κ2) is 10.1. The Morgan fingerprint density at radius 1 is 1.11 bits per heavy atom. The number of dihydropyridines is 1. The van der Waals surface area contributed by atoms with Crippen LogP contribution in [0.2, 0.25) is 0 Å². The summed E-state index contributed by atoms with van der Waals surface area (Å²) in [5.74, 6) is 0.0692. The molecule has 0 spiro atoms. The molecule has 3 heterocycles. The molecule has 0 radical (unpaired) electrons. The fourth-order valence-electron chi connectivity index (χ4n) is 5.21. The van der Waals surface area contributed by atoms with Crippen LogP contribution in [-0.4, -0.2) is 22.9 Å². The number of anilines is 1. The van der Waals surface area contributed by atoms with Crippen molar-refractivity contribution in [3.8, 4) is 0 Å². The molecule has 2 atom stereocenters. The molecule has 0 fully saturated rings. The summed E-state index contributed by atoms with van der Waals surface area (Å²) in [6.45, 7) is 5.97. The number of aromatic nitrogens is 1. The van der Waals surface area contributed by atoms with Gasteiger partial charge < -0.3 is 10.6 Å². The third-order valence-electron chi connectivity index (χ3n) is 6.84. The van der Waals surface area contributed by atoms with Crippen LogP contribution in [0.4, 0.5) is 5.82 Å². The Bertz CT molecular complexity index is 1390. The van der Waals surface area contributed by atoms with Gasteiger partial charge in [-0.2, -0.15) is 0 Å². The number of nitrogens with one attached hydrogen (secondary N) is 2. The number of benzene rings is 1. The lowest BCUT2D eigenvalue weighted by atomic mass is 9.72. The number of Topliss-reactive ketones (excluding diaryl/α,β-unsaturated/α-hetero) is 1. The van der Waals surface area contributed by atoms with Crippen LogP contribution in [0.3, 0.4) is 0 Å². The number of thioether (sulfide) groups is 1. The molecule has 1 aliphatic heterocycles. The summed E-state index contributed by atoms with van der Waals surface area (Å²) in [5, 5.41) is 6.45. The minimum Gasteiger partial charge on any atom is -0.362 e. The summed E-state index contributed by atoms with van der Waals surface area (Å²) in [7, 11) is 0. The van der Waals surface area contributed by atoms with Gasteiger partial charge in [-0.1, -0.05) is 36.4 Å². The average Bonchev–Trinajstić information content (AvgIpc) is 3.25. The molecular weight excluding hydrogens is 486 g/mol. The Morgan fingerprint density at radius 3 is 2.58 bits per heavy atom. The van der Waals surface area contributed by atoms with Crippen molar-refractivity contribution in [3.05, 3.63) is 98.8 Å². The number of nitrogens with zero attached hydrogens (tertiary/aromatic N) is 1. The van der Waals surface area contributed by atoms with Gasteiger partial charge in [-0.15, -0.1) is 23.1 Å². The van der Waals surface area contributed by atoms with Crippen molar-refractivity contribution in [2.45, 2.75) is 49.7 Å². The third kappa shape index (κ3) is 4.65.